The van der Waals surface area contributed by atoms with E-state index in [4.69, 9.17) is 0 Å². The van der Waals surface area contributed by atoms with Crippen molar-refractivity contribution in [1.29, 1.82) is 0 Å². The SMILES string of the molecule is C=C/C(C)=C\C=C(/C)Nc1ncnc2[nH]ccc12. The predicted octanol–water partition coefficient (Wildman–Crippen LogP) is 3.41. The van der Waals surface area contributed by atoms with E-state index >= 15 is 0 Å². The van der Waals surface area contributed by atoms with E-state index in [1.807, 2.05) is 44.3 Å². The van der Waals surface area contributed by atoms with Crippen LogP contribution in [0.25, 0.3) is 11.0 Å². The average molecular weight is 240 g/mol. The molecule has 2 heterocycles. The maximum atomic E-state index is 4.24. The molecule has 18 heavy (non-hydrogen) atoms. The Morgan fingerprint density at radius 1 is 1.33 bits per heavy atom. The van der Waals surface area contributed by atoms with Crippen LogP contribution >= 0.6 is 0 Å². The molecule has 0 aliphatic carbocycles. The van der Waals surface area contributed by atoms with Crippen LogP contribution < -0.4 is 5.32 Å². The summed E-state index contributed by atoms with van der Waals surface area (Å²) in [6, 6.07) is 1.95. The van der Waals surface area contributed by atoms with E-state index < -0.39 is 0 Å². The molecule has 2 rings (SSSR count). The second-order valence-electron chi connectivity index (χ2n) is 4.05. The summed E-state index contributed by atoms with van der Waals surface area (Å²) in [5.74, 6) is 0.805. The number of rotatable bonds is 4. The Bertz CT molecular complexity index is 620. The van der Waals surface area contributed by atoms with Gasteiger partial charge in [-0.15, -0.1) is 0 Å². The lowest BCUT2D eigenvalue weighted by atomic mass is 10.2. The van der Waals surface area contributed by atoms with Crippen molar-refractivity contribution in [3.8, 4) is 0 Å². The molecular formula is C14H16N4. The Morgan fingerprint density at radius 2 is 2.17 bits per heavy atom. The Balaban J connectivity index is 2.23. The monoisotopic (exact) mass is 240 g/mol. The number of allylic oxidation sites excluding steroid dienone is 5. The first-order valence-electron chi connectivity index (χ1n) is 5.73. The Morgan fingerprint density at radius 3 is 2.94 bits per heavy atom. The fourth-order valence-electron chi connectivity index (χ4n) is 1.52. The Labute approximate surface area is 106 Å². The van der Waals surface area contributed by atoms with Gasteiger partial charge in [-0.3, -0.25) is 0 Å². The van der Waals surface area contributed by atoms with Crippen LogP contribution in [0.4, 0.5) is 5.82 Å². The van der Waals surface area contributed by atoms with Gasteiger partial charge in [0, 0.05) is 11.9 Å². The number of hydrogen-bond donors (Lipinski definition) is 2. The predicted molar refractivity (Wildman–Crippen MR) is 75.2 cm³/mol. The van der Waals surface area contributed by atoms with Crippen LogP contribution in [-0.4, -0.2) is 15.0 Å². The molecule has 0 saturated carbocycles. The van der Waals surface area contributed by atoms with Gasteiger partial charge in [-0.2, -0.15) is 0 Å². The van der Waals surface area contributed by atoms with E-state index in [1.165, 1.54) is 0 Å². The number of fused-ring (bicyclic) bond motifs is 1. The van der Waals surface area contributed by atoms with Gasteiger partial charge in [0.25, 0.3) is 0 Å². The summed E-state index contributed by atoms with van der Waals surface area (Å²) in [7, 11) is 0. The number of aromatic amines is 1. The maximum Gasteiger partial charge on any atom is 0.143 e. The molecule has 0 amide bonds. The van der Waals surface area contributed by atoms with E-state index in [0.717, 1.165) is 28.1 Å². The molecule has 2 aromatic rings. The van der Waals surface area contributed by atoms with Gasteiger partial charge in [0.1, 0.15) is 17.8 Å². The first-order chi connectivity index (χ1) is 8.70. The summed E-state index contributed by atoms with van der Waals surface area (Å²) < 4.78 is 0. The molecule has 92 valence electrons. The highest BCUT2D eigenvalue weighted by Crippen LogP contribution is 2.18. The number of anilines is 1. The van der Waals surface area contributed by atoms with Crippen LogP contribution in [-0.2, 0) is 0 Å². The van der Waals surface area contributed by atoms with E-state index in [1.54, 1.807) is 6.33 Å². The van der Waals surface area contributed by atoms with Crippen LogP contribution in [0.2, 0.25) is 0 Å². The summed E-state index contributed by atoms with van der Waals surface area (Å²) >= 11 is 0. The lowest BCUT2D eigenvalue weighted by Crippen LogP contribution is -1.98. The first kappa shape index (κ1) is 12.1. The molecule has 0 unspecified atom stereocenters. The topological polar surface area (TPSA) is 53.6 Å². The summed E-state index contributed by atoms with van der Waals surface area (Å²) in [5, 5.41) is 4.24. The number of H-pyrrole nitrogens is 1. The highest BCUT2D eigenvalue weighted by atomic mass is 15.0. The van der Waals surface area contributed by atoms with E-state index in [9.17, 15) is 0 Å². The molecule has 0 spiro atoms. The third kappa shape index (κ3) is 2.66. The zero-order valence-electron chi connectivity index (χ0n) is 10.6. The summed E-state index contributed by atoms with van der Waals surface area (Å²) in [4.78, 5) is 11.4. The quantitative estimate of drug-likeness (QED) is 0.805. The van der Waals surface area contributed by atoms with Gasteiger partial charge < -0.3 is 10.3 Å². The minimum atomic E-state index is 0.805. The van der Waals surface area contributed by atoms with Crippen LogP contribution in [0, 0.1) is 0 Å². The second kappa shape index (κ2) is 5.31. The smallest absolute Gasteiger partial charge is 0.143 e. The van der Waals surface area contributed by atoms with Crippen molar-refractivity contribution >= 4 is 16.9 Å². The largest absolute Gasteiger partial charge is 0.346 e. The van der Waals surface area contributed by atoms with Gasteiger partial charge in [0.05, 0.1) is 5.39 Å². The van der Waals surface area contributed by atoms with Crippen LogP contribution in [0.3, 0.4) is 0 Å². The van der Waals surface area contributed by atoms with Crippen molar-refractivity contribution in [1.82, 2.24) is 15.0 Å². The molecule has 0 bridgehead atoms. The van der Waals surface area contributed by atoms with E-state index in [-0.39, 0.29) is 0 Å². The molecule has 0 saturated heterocycles. The number of nitrogens with one attached hydrogen (secondary N) is 2. The van der Waals surface area contributed by atoms with E-state index in [0.29, 0.717) is 0 Å². The van der Waals surface area contributed by atoms with Crippen molar-refractivity contribution in [3.63, 3.8) is 0 Å². The Kier molecular flexibility index (Phi) is 3.57. The lowest BCUT2D eigenvalue weighted by molar-refractivity contribution is 1.18. The van der Waals surface area contributed by atoms with Crippen LogP contribution in [0.5, 0.6) is 0 Å². The Hall–Kier alpha value is -2.36. The van der Waals surface area contributed by atoms with Gasteiger partial charge in [0.2, 0.25) is 0 Å². The number of nitrogens with zero attached hydrogens (tertiary/aromatic N) is 2. The minimum Gasteiger partial charge on any atom is -0.346 e. The van der Waals surface area contributed by atoms with Gasteiger partial charge in [-0.25, -0.2) is 9.97 Å². The third-order valence-corrected chi connectivity index (χ3v) is 2.59. The first-order valence-corrected chi connectivity index (χ1v) is 5.73. The molecule has 0 aromatic carbocycles. The molecule has 4 heteroatoms. The van der Waals surface area contributed by atoms with Gasteiger partial charge >= 0.3 is 0 Å². The van der Waals surface area contributed by atoms with Crippen molar-refractivity contribution in [2.24, 2.45) is 0 Å². The zero-order valence-corrected chi connectivity index (χ0v) is 10.6. The van der Waals surface area contributed by atoms with Crippen LogP contribution in [0.1, 0.15) is 13.8 Å². The number of hydrogen-bond acceptors (Lipinski definition) is 3. The van der Waals surface area contributed by atoms with Crippen molar-refractivity contribution in [2.75, 3.05) is 5.32 Å². The summed E-state index contributed by atoms with van der Waals surface area (Å²) in [6.07, 6.45) is 9.21. The van der Waals surface area contributed by atoms with E-state index in [2.05, 4.69) is 26.8 Å². The molecule has 0 aliphatic heterocycles. The molecule has 2 N–H and O–H groups in total. The maximum absolute atomic E-state index is 4.24. The van der Waals surface area contributed by atoms with Gasteiger partial charge in [0.15, 0.2) is 0 Å². The second-order valence-corrected chi connectivity index (χ2v) is 4.05. The molecule has 0 radical (unpaired) electrons. The molecule has 2 aromatic heterocycles. The minimum absolute atomic E-state index is 0.805. The normalized spacial score (nSPS) is 12.8. The number of aromatic nitrogens is 3. The van der Waals surface area contributed by atoms with Crippen molar-refractivity contribution in [3.05, 3.63) is 54.7 Å². The highest BCUT2D eigenvalue weighted by molar-refractivity contribution is 5.87. The van der Waals surface area contributed by atoms with Crippen molar-refractivity contribution < 1.29 is 0 Å². The zero-order chi connectivity index (χ0) is 13.0. The highest BCUT2D eigenvalue weighted by Gasteiger charge is 2.03. The van der Waals surface area contributed by atoms with Gasteiger partial charge in [-0.1, -0.05) is 24.3 Å². The summed E-state index contributed by atoms with van der Waals surface area (Å²) in [6.45, 7) is 7.71. The average Bonchev–Trinajstić information content (AvgIpc) is 2.85. The fourth-order valence-corrected chi connectivity index (χ4v) is 1.52. The summed E-state index contributed by atoms with van der Waals surface area (Å²) in [5.41, 5.74) is 2.96. The third-order valence-electron chi connectivity index (χ3n) is 2.59. The van der Waals surface area contributed by atoms with Gasteiger partial charge in [-0.05, 0) is 26.0 Å². The molecular weight excluding hydrogens is 224 g/mol. The standard InChI is InChI=1S/C14H16N4/c1-4-10(2)5-6-11(3)18-14-12-7-8-15-13(12)16-9-17-14/h4-9H,1H2,2-3H3,(H2,15,16,17,18)/b10-5-,11-6+. The lowest BCUT2D eigenvalue weighted by Gasteiger charge is -2.05. The fraction of sp³-hybridized carbons (Fsp3) is 0.143. The molecule has 0 fully saturated rings. The van der Waals surface area contributed by atoms with Crippen LogP contribution in [0.15, 0.2) is 54.7 Å². The molecule has 0 atom stereocenters. The molecule has 0 aliphatic rings. The van der Waals surface area contributed by atoms with Crippen molar-refractivity contribution in [2.45, 2.75) is 13.8 Å². The molecule has 4 nitrogen and oxygen atoms in total.